The van der Waals surface area contributed by atoms with Gasteiger partial charge in [-0.2, -0.15) is 0 Å². The number of nitrogens with zero attached hydrogens (tertiary/aromatic N) is 1. The molecule has 2 N–H and O–H groups in total. The van der Waals surface area contributed by atoms with Crippen molar-refractivity contribution in [2.45, 2.75) is 32.4 Å². The van der Waals surface area contributed by atoms with Crippen molar-refractivity contribution in [2.75, 3.05) is 19.6 Å². The zero-order valence-electron chi connectivity index (χ0n) is 11.3. The summed E-state index contributed by atoms with van der Waals surface area (Å²) < 4.78 is 1.14. The topological polar surface area (TPSA) is 44.4 Å². The minimum atomic E-state index is 0.0540. The maximum Gasteiger partial charge on any atom is 0.317 e. The zero-order chi connectivity index (χ0) is 13.8. The molecule has 2 amide bonds. The zero-order valence-corrected chi connectivity index (χ0v) is 13.7. The summed E-state index contributed by atoms with van der Waals surface area (Å²) >= 11 is 5.23. The molecule has 1 saturated heterocycles. The van der Waals surface area contributed by atoms with E-state index in [-0.39, 0.29) is 6.03 Å². The molecule has 1 fully saturated rings. The number of likely N-dealkylation sites (tertiary alicyclic amines) is 1. The van der Waals surface area contributed by atoms with Crippen molar-refractivity contribution in [2.24, 2.45) is 0 Å². The smallest absolute Gasteiger partial charge is 0.317 e. The quantitative estimate of drug-likeness (QED) is 0.880. The predicted octanol–water partition coefficient (Wildman–Crippen LogP) is 2.97. The molecule has 2 rings (SSSR count). The van der Waals surface area contributed by atoms with Gasteiger partial charge in [-0.05, 0) is 42.3 Å². The molecule has 2 atom stereocenters. The van der Waals surface area contributed by atoms with E-state index in [0.717, 1.165) is 24.0 Å². The van der Waals surface area contributed by atoms with Crippen LogP contribution in [0.3, 0.4) is 0 Å². The molecule has 1 aliphatic heterocycles. The second-order valence-electron chi connectivity index (χ2n) is 4.82. The van der Waals surface area contributed by atoms with Gasteiger partial charge >= 0.3 is 6.03 Å². The number of thiophene rings is 1. The summed E-state index contributed by atoms with van der Waals surface area (Å²) in [5.41, 5.74) is 0. The Morgan fingerprint density at radius 2 is 2.47 bits per heavy atom. The van der Waals surface area contributed by atoms with E-state index in [4.69, 9.17) is 0 Å². The highest BCUT2D eigenvalue weighted by atomic mass is 79.9. The van der Waals surface area contributed by atoms with Crippen molar-refractivity contribution in [3.8, 4) is 0 Å². The van der Waals surface area contributed by atoms with Crippen molar-refractivity contribution in [3.63, 3.8) is 0 Å². The van der Waals surface area contributed by atoms with E-state index in [1.807, 2.05) is 11.8 Å². The third-order valence-corrected chi connectivity index (χ3v) is 5.18. The third kappa shape index (κ3) is 3.94. The number of nitrogens with one attached hydrogen (secondary N) is 2. The highest BCUT2D eigenvalue weighted by Gasteiger charge is 2.27. The summed E-state index contributed by atoms with van der Waals surface area (Å²) in [5, 5.41) is 8.56. The Morgan fingerprint density at radius 3 is 3.11 bits per heavy atom. The van der Waals surface area contributed by atoms with Gasteiger partial charge in [-0.25, -0.2) is 4.79 Å². The normalized spacial score (nSPS) is 20.6. The van der Waals surface area contributed by atoms with Crippen LogP contribution in [0.5, 0.6) is 0 Å². The Kier molecular flexibility index (Phi) is 5.24. The molecule has 6 heteroatoms. The minimum Gasteiger partial charge on any atom is -0.338 e. The largest absolute Gasteiger partial charge is 0.338 e. The second-order valence-corrected chi connectivity index (χ2v) is 6.68. The molecular formula is C13H20BrN3OS. The van der Waals surface area contributed by atoms with Gasteiger partial charge in [0, 0.05) is 46.4 Å². The molecule has 1 aromatic rings. The van der Waals surface area contributed by atoms with Gasteiger partial charge in [0.25, 0.3) is 0 Å². The van der Waals surface area contributed by atoms with E-state index in [0.29, 0.717) is 18.6 Å². The van der Waals surface area contributed by atoms with Crippen LogP contribution in [-0.2, 0) is 0 Å². The molecule has 19 heavy (non-hydrogen) atoms. The maximum absolute atomic E-state index is 11.7. The van der Waals surface area contributed by atoms with Crippen LogP contribution in [0.4, 0.5) is 4.79 Å². The van der Waals surface area contributed by atoms with E-state index in [1.54, 1.807) is 11.3 Å². The second kappa shape index (κ2) is 6.72. The number of carbonyl (C=O) groups excluding carboxylic acids is 1. The number of urea groups is 1. The fraction of sp³-hybridized carbons (Fsp3) is 0.615. The Bertz CT molecular complexity index is 437. The lowest BCUT2D eigenvalue weighted by atomic mass is 10.2. The Hall–Kier alpha value is -0.590. The summed E-state index contributed by atoms with van der Waals surface area (Å²) in [4.78, 5) is 14.9. The fourth-order valence-corrected chi connectivity index (χ4v) is 3.80. The van der Waals surface area contributed by atoms with Gasteiger partial charge < -0.3 is 15.5 Å². The van der Waals surface area contributed by atoms with Crippen LogP contribution in [0.15, 0.2) is 15.9 Å². The van der Waals surface area contributed by atoms with Crippen molar-refractivity contribution >= 4 is 33.3 Å². The van der Waals surface area contributed by atoms with Gasteiger partial charge in [0.15, 0.2) is 0 Å². The average Bonchev–Trinajstić information content (AvgIpc) is 2.98. The number of hydrogen-bond donors (Lipinski definition) is 2. The highest BCUT2D eigenvalue weighted by molar-refractivity contribution is 9.10. The van der Waals surface area contributed by atoms with E-state index < -0.39 is 0 Å². The SMILES string of the molecule is CCNC(=O)N1CC[C@@H](N[C@H](C)c2cc(Br)cs2)C1. The van der Waals surface area contributed by atoms with Crippen LogP contribution >= 0.6 is 27.3 Å². The Labute approximate surface area is 126 Å². The molecule has 106 valence electrons. The predicted molar refractivity (Wildman–Crippen MR) is 82.6 cm³/mol. The molecule has 0 saturated carbocycles. The van der Waals surface area contributed by atoms with Crippen LogP contribution in [0.2, 0.25) is 0 Å². The standard InChI is InChI=1S/C13H20BrN3OS/c1-3-15-13(18)17-5-4-11(7-17)16-9(2)12-6-10(14)8-19-12/h6,8-9,11,16H,3-5,7H2,1-2H3,(H,15,18)/t9-,11-/m1/s1. The molecule has 2 heterocycles. The van der Waals surface area contributed by atoms with Crippen molar-refractivity contribution < 1.29 is 4.79 Å². The molecule has 0 radical (unpaired) electrons. The third-order valence-electron chi connectivity index (χ3n) is 3.30. The monoisotopic (exact) mass is 345 g/mol. The molecule has 0 unspecified atom stereocenters. The number of amides is 2. The Morgan fingerprint density at radius 1 is 1.68 bits per heavy atom. The van der Waals surface area contributed by atoms with Crippen LogP contribution in [0, 0.1) is 0 Å². The molecule has 0 aromatic carbocycles. The molecular weight excluding hydrogens is 326 g/mol. The lowest BCUT2D eigenvalue weighted by Gasteiger charge is -2.20. The van der Waals surface area contributed by atoms with Gasteiger partial charge in [-0.1, -0.05) is 0 Å². The first-order valence-electron chi connectivity index (χ1n) is 6.63. The fourth-order valence-electron chi connectivity index (χ4n) is 2.33. The lowest BCUT2D eigenvalue weighted by Crippen LogP contribution is -2.41. The van der Waals surface area contributed by atoms with Gasteiger partial charge in [0.1, 0.15) is 0 Å². The van der Waals surface area contributed by atoms with Gasteiger partial charge in [-0.15, -0.1) is 11.3 Å². The molecule has 0 aliphatic carbocycles. The first-order valence-corrected chi connectivity index (χ1v) is 8.30. The summed E-state index contributed by atoms with van der Waals surface area (Å²) in [5.74, 6) is 0. The van der Waals surface area contributed by atoms with Gasteiger partial charge in [0.2, 0.25) is 0 Å². The van der Waals surface area contributed by atoms with E-state index in [2.05, 4.69) is 44.9 Å². The van der Waals surface area contributed by atoms with Gasteiger partial charge in [0.05, 0.1) is 0 Å². The van der Waals surface area contributed by atoms with Crippen molar-refractivity contribution in [1.29, 1.82) is 0 Å². The number of rotatable bonds is 4. The maximum atomic E-state index is 11.7. The number of carbonyl (C=O) groups is 1. The van der Waals surface area contributed by atoms with Crippen molar-refractivity contribution in [3.05, 3.63) is 20.8 Å². The van der Waals surface area contributed by atoms with E-state index >= 15 is 0 Å². The molecule has 0 spiro atoms. The molecule has 4 nitrogen and oxygen atoms in total. The van der Waals surface area contributed by atoms with Crippen LogP contribution in [0.1, 0.15) is 31.2 Å². The van der Waals surface area contributed by atoms with Crippen LogP contribution < -0.4 is 10.6 Å². The van der Waals surface area contributed by atoms with E-state index in [9.17, 15) is 4.79 Å². The summed E-state index contributed by atoms with van der Waals surface area (Å²) in [6, 6.07) is 2.92. The van der Waals surface area contributed by atoms with Crippen LogP contribution in [0.25, 0.3) is 0 Å². The molecule has 0 bridgehead atoms. The van der Waals surface area contributed by atoms with Crippen LogP contribution in [-0.4, -0.2) is 36.6 Å². The summed E-state index contributed by atoms with van der Waals surface area (Å²) in [7, 11) is 0. The van der Waals surface area contributed by atoms with Crippen molar-refractivity contribution in [1.82, 2.24) is 15.5 Å². The molecule has 1 aromatic heterocycles. The van der Waals surface area contributed by atoms with E-state index in [1.165, 1.54) is 4.88 Å². The first-order chi connectivity index (χ1) is 9.10. The minimum absolute atomic E-state index is 0.0540. The molecule has 1 aliphatic rings. The van der Waals surface area contributed by atoms with Gasteiger partial charge in [-0.3, -0.25) is 0 Å². The number of halogens is 1. The first kappa shape index (κ1) is 14.8. The lowest BCUT2D eigenvalue weighted by molar-refractivity contribution is 0.208. The average molecular weight is 346 g/mol. The highest BCUT2D eigenvalue weighted by Crippen LogP contribution is 2.26. The number of hydrogen-bond acceptors (Lipinski definition) is 3. The summed E-state index contributed by atoms with van der Waals surface area (Å²) in [6.45, 7) is 6.44. The summed E-state index contributed by atoms with van der Waals surface area (Å²) in [6.07, 6.45) is 1.02. The Balaban J connectivity index is 1.83.